The Morgan fingerprint density at radius 3 is 2.60 bits per heavy atom. The summed E-state index contributed by atoms with van der Waals surface area (Å²) in [6.07, 6.45) is 3.61. The Balaban J connectivity index is 1.87. The minimum Gasteiger partial charge on any atom is -0.462 e. The largest absolute Gasteiger partial charge is 0.462 e. The monoisotopic (exact) mass is 361 g/mol. The van der Waals surface area contributed by atoms with Crippen LogP contribution in [-0.2, 0) is 11.3 Å². The number of esters is 1. The molecule has 2 amide bonds. The van der Waals surface area contributed by atoms with Gasteiger partial charge in [-0.3, -0.25) is 0 Å². The second-order valence-corrected chi connectivity index (χ2v) is 7.02. The van der Waals surface area contributed by atoms with E-state index in [-0.39, 0.29) is 12.0 Å². The van der Waals surface area contributed by atoms with Crippen LogP contribution in [0.5, 0.6) is 0 Å². The molecule has 0 unspecified atom stereocenters. The van der Waals surface area contributed by atoms with Crippen molar-refractivity contribution < 1.29 is 14.3 Å². The van der Waals surface area contributed by atoms with Crippen molar-refractivity contribution >= 4 is 29.0 Å². The van der Waals surface area contributed by atoms with Gasteiger partial charge in [-0.05, 0) is 37.6 Å². The second kappa shape index (κ2) is 9.17. The van der Waals surface area contributed by atoms with Crippen molar-refractivity contribution in [3.8, 4) is 0 Å². The highest BCUT2D eigenvalue weighted by Crippen LogP contribution is 2.15. The quantitative estimate of drug-likeness (QED) is 0.596. The molecule has 25 heavy (non-hydrogen) atoms. The average Bonchev–Trinajstić information content (AvgIpc) is 3.00. The number of carbonyl (C=O) groups excluding carboxylic acids is 2. The Hall–Kier alpha value is -2.41. The van der Waals surface area contributed by atoms with Crippen LogP contribution in [0.4, 0.5) is 10.5 Å². The van der Waals surface area contributed by atoms with Crippen molar-refractivity contribution in [3.05, 3.63) is 45.9 Å². The van der Waals surface area contributed by atoms with Crippen LogP contribution in [0.2, 0.25) is 0 Å². The van der Waals surface area contributed by atoms with Crippen LogP contribution in [0, 0.1) is 6.92 Å². The molecular formula is C18H23N3O3S. The highest BCUT2D eigenvalue weighted by atomic mass is 32.1. The molecule has 2 rings (SSSR count). The number of unbranched alkanes of at least 4 members (excludes halogenated alkanes) is 1. The van der Waals surface area contributed by atoms with Crippen molar-refractivity contribution in [1.82, 2.24) is 9.88 Å². The van der Waals surface area contributed by atoms with Gasteiger partial charge in [0.25, 0.3) is 0 Å². The van der Waals surface area contributed by atoms with Crippen molar-refractivity contribution in [1.29, 1.82) is 0 Å². The van der Waals surface area contributed by atoms with Gasteiger partial charge in [-0.25, -0.2) is 14.6 Å². The summed E-state index contributed by atoms with van der Waals surface area (Å²) < 4.78 is 5.16. The SMILES string of the molecule is CCCCOC(=O)c1ccc(NC(=O)N(C)Cc2cnc(C)s2)cc1. The number of ether oxygens (including phenoxy) is 1. The molecule has 0 saturated carbocycles. The predicted octanol–water partition coefficient (Wildman–Crippen LogP) is 4.07. The predicted molar refractivity (Wildman–Crippen MR) is 99.0 cm³/mol. The van der Waals surface area contributed by atoms with E-state index >= 15 is 0 Å². The summed E-state index contributed by atoms with van der Waals surface area (Å²) in [6.45, 7) is 4.90. The zero-order valence-corrected chi connectivity index (χ0v) is 15.6. The number of anilines is 1. The molecule has 0 aliphatic carbocycles. The van der Waals surface area contributed by atoms with Crippen molar-refractivity contribution in [2.45, 2.75) is 33.2 Å². The Kier molecular flexibility index (Phi) is 6.94. The van der Waals surface area contributed by atoms with Gasteiger partial charge in [0.15, 0.2) is 0 Å². The molecule has 7 heteroatoms. The highest BCUT2D eigenvalue weighted by Gasteiger charge is 2.12. The van der Waals surface area contributed by atoms with Crippen molar-refractivity contribution in [2.75, 3.05) is 19.0 Å². The zero-order chi connectivity index (χ0) is 18.2. The lowest BCUT2D eigenvalue weighted by molar-refractivity contribution is 0.0500. The highest BCUT2D eigenvalue weighted by molar-refractivity contribution is 7.11. The first-order chi connectivity index (χ1) is 12.0. The van der Waals surface area contributed by atoms with Gasteiger partial charge in [-0.15, -0.1) is 11.3 Å². The van der Waals surface area contributed by atoms with E-state index in [1.54, 1.807) is 53.7 Å². The summed E-state index contributed by atoms with van der Waals surface area (Å²) in [4.78, 5) is 30.9. The molecule has 1 N–H and O–H groups in total. The van der Waals surface area contributed by atoms with Crippen LogP contribution in [0.3, 0.4) is 0 Å². The summed E-state index contributed by atoms with van der Waals surface area (Å²) in [5.41, 5.74) is 1.10. The van der Waals surface area contributed by atoms with E-state index < -0.39 is 0 Å². The van der Waals surface area contributed by atoms with E-state index in [1.165, 1.54) is 0 Å². The van der Waals surface area contributed by atoms with Gasteiger partial charge in [0.2, 0.25) is 0 Å². The van der Waals surface area contributed by atoms with E-state index in [0.717, 1.165) is 22.7 Å². The minimum atomic E-state index is -0.344. The molecule has 1 aromatic heterocycles. The number of thiazole rings is 1. The molecule has 0 aliphatic heterocycles. The summed E-state index contributed by atoms with van der Waals surface area (Å²) in [5, 5.41) is 3.78. The third-order valence-corrected chi connectivity index (χ3v) is 4.41. The zero-order valence-electron chi connectivity index (χ0n) is 14.7. The smallest absolute Gasteiger partial charge is 0.338 e. The van der Waals surface area contributed by atoms with Crippen LogP contribution < -0.4 is 5.32 Å². The number of nitrogens with zero attached hydrogens (tertiary/aromatic N) is 2. The van der Waals surface area contributed by atoms with Gasteiger partial charge in [0.05, 0.1) is 23.7 Å². The molecule has 134 valence electrons. The average molecular weight is 361 g/mol. The van der Waals surface area contributed by atoms with E-state index in [9.17, 15) is 9.59 Å². The molecule has 0 saturated heterocycles. The molecule has 2 aromatic rings. The van der Waals surface area contributed by atoms with Crippen molar-refractivity contribution in [3.63, 3.8) is 0 Å². The number of benzene rings is 1. The molecule has 0 fully saturated rings. The summed E-state index contributed by atoms with van der Waals surface area (Å²) in [7, 11) is 1.73. The maximum Gasteiger partial charge on any atom is 0.338 e. The van der Waals surface area contributed by atoms with Crippen LogP contribution in [-0.4, -0.2) is 35.5 Å². The number of aryl methyl sites for hydroxylation is 1. The second-order valence-electron chi connectivity index (χ2n) is 5.70. The lowest BCUT2D eigenvalue weighted by atomic mass is 10.2. The Morgan fingerprint density at radius 1 is 1.28 bits per heavy atom. The maximum absolute atomic E-state index is 12.2. The van der Waals surface area contributed by atoms with Crippen LogP contribution >= 0.6 is 11.3 Å². The number of rotatable bonds is 7. The molecule has 1 heterocycles. The molecule has 0 aliphatic rings. The fourth-order valence-electron chi connectivity index (χ4n) is 2.09. The van der Waals surface area contributed by atoms with Gasteiger partial charge < -0.3 is 15.0 Å². The first-order valence-electron chi connectivity index (χ1n) is 8.20. The van der Waals surface area contributed by atoms with Gasteiger partial charge in [-0.2, -0.15) is 0 Å². The van der Waals surface area contributed by atoms with Crippen LogP contribution in [0.15, 0.2) is 30.5 Å². The first-order valence-corrected chi connectivity index (χ1v) is 9.02. The van der Waals surface area contributed by atoms with E-state index in [4.69, 9.17) is 4.74 Å². The van der Waals surface area contributed by atoms with Gasteiger partial charge in [-0.1, -0.05) is 13.3 Å². The number of amides is 2. The Morgan fingerprint density at radius 2 is 2.00 bits per heavy atom. The molecule has 1 aromatic carbocycles. The third-order valence-electron chi connectivity index (χ3n) is 3.51. The van der Waals surface area contributed by atoms with Crippen LogP contribution in [0.1, 0.15) is 40.0 Å². The van der Waals surface area contributed by atoms with Gasteiger partial charge in [0.1, 0.15) is 0 Å². The topological polar surface area (TPSA) is 71.5 Å². The minimum absolute atomic E-state index is 0.218. The number of aromatic nitrogens is 1. The summed E-state index contributed by atoms with van der Waals surface area (Å²) in [6, 6.07) is 6.47. The molecule has 0 bridgehead atoms. The Labute approximate surface area is 151 Å². The molecule has 6 nitrogen and oxygen atoms in total. The Bertz CT molecular complexity index is 713. The van der Waals surface area contributed by atoms with Crippen molar-refractivity contribution in [2.24, 2.45) is 0 Å². The standard InChI is InChI=1S/C18H23N3O3S/c1-4-5-10-24-17(22)14-6-8-15(9-7-14)20-18(23)21(3)12-16-11-19-13(2)25-16/h6-9,11H,4-5,10,12H2,1-3H3,(H,20,23). The molecule has 0 atom stereocenters. The van der Waals surface area contributed by atoms with Gasteiger partial charge in [0, 0.05) is 23.8 Å². The summed E-state index contributed by atoms with van der Waals surface area (Å²) >= 11 is 1.57. The summed E-state index contributed by atoms with van der Waals surface area (Å²) in [5.74, 6) is -0.344. The number of hydrogen-bond acceptors (Lipinski definition) is 5. The lowest BCUT2D eigenvalue weighted by Crippen LogP contribution is -2.30. The molecule has 0 spiro atoms. The normalized spacial score (nSPS) is 10.4. The number of nitrogens with one attached hydrogen (secondary N) is 1. The number of urea groups is 1. The maximum atomic E-state index is 12.2. The van der Waals surface area contributed by atoms with Gasteiger partial charge >= 0.3 is 12.0 Å². The van der Waals surface area contributed by atoms with Crippen LogP contribution in [0.25, 0.3) is 0 Å². The molecule has 0 radical (unpaired) electrons. The number of carbonyl (C=O) groups is 2. The van der Waals surface area contributed by atoms with E-state index in [0.29, 0.717) is 24.4 Å². The molecular weight excluding hydrogens is 338 g/mol. The lowest BCUT2D eigenvalue weighted by Gasteiger charge is -2.17. The van der Waals surface area contributed by atoms with E-state index in [2.05, 4.69) is 10.3 Å². The fraction of sp³-hybridized carbons (Fsp3) is 0.389. The number of hydrogen-bond donors (Lipinski definition) is 1. The first kappa shape index (κ1) is 18.9. The fourth-order valence-corrected chi connectivity index (χ4v) is 2.93. The van der Waals surface area contributed by atoms with E-state index in [1.807, 2.05) is 13.8 Å². The third kappa shape index (κ3) is 5.86.